The molecule has 0 spiro atoms. The van der Waals surface area contributed by atoms with E-state index in [1.165, 1.54) is 12.8 Å². The molecule has 1 aromatic carbocycles. The summed E-state index contributed by atoms with van der Waals surface area (Å²) in [5.41, 5.74) is 3.11. The Morgan fingerprint density at radius 2 is 1.60 bits per heavy atom. The molecular weight excluding hydrogens is 235 g/mol. The second kappa shape index (κ2) is 2.53. The van der Waals surface area contributed by atoms with Crippen LogP contribution in [-0.2, 0) is 12.8 Å². The van der Waals surface area contributed by atoms with Gasteiger partial charge in [0.1, 0.15) is 0 Å². The van der Waals surface area contributed by atoms with Gasteiger partial charge in [-0.3, -0.25) is 0 Å². The zero-order valence-corrected chi connectivity index (χ0v) is 7.84. The van der Waals surface area contributed by atoms with E-state index in [9.17, 15) is 0 Å². The van der Waals surface area contributed by atoms with Gasteiger partial charge in [0.2, 0.25) is 0 Å². The summed E-state index contributed by atoms with van der Waals surface area (Å²) in [4.78, 5) is 0. The number of halogens is 1. The standard InChI is InChI=1S/C9H9I/c10-9-5-7-3-1-2-4-8(7)6-9/h1-4,9H,5-6H2. The average Bonchev–Trinajstić information content (AvgIpc) is 2.27. The van der Waals surface area contributed by atoms with Crippen LogP contribution >= 0.6 is 22.6 Å². The summed E-state index contributed by atoms with van der Waals surface area (Å²) in [5, 5.41) is 0. The van der Waals surface area contributed by atoms with E-state index in [0.717, 1.165) is 3.92 Å². The Morgan fingerprint density at radius 3 is 2.10 bits per heavy atom. The van der Waals surface area contributed by atoms with Crippen LogP contribution < -0.4 is 0 Å². The van der Waals surface area contributed by atoms with Crippen molar-refractivity contribution >= 4 is 22.6 Å². The van der Waals surface area contributed by atoms with Crippen molar-refractivity contribution in [3.05, 3.63) is 35.4 Å². The molecule has 0 nitrogen and oxygen atoms in total. The molecule has 0 heterocycles. The summed E-state index contributed by atoms with van der Waals surface area (Å²) in [6.07, 6.45) is 2.55. The Morgan fingerprint density at radius 1 is 1.10 bits per heavy atom. The molecule has 1 aromatic rings. The van der Waals surface area contributed by atoms with Crippen LogP contribution in [0.25, 0.3) is 0 Å². The molecule has 0 saturated heterocycles. The van der Waals surface area contributed by atoms with E-state index in [4.69, 9.17) is 0 Å². The summed E-state index contributed by atoms with van der Waals surface area (Å²) in [6.45, 7) is 0. The van der Waals surface area contributed by atoms with Crippen molar-refractivity contribution in [3.63, 3.8) is 0 Å². The average molecular weight is 244 g/mol. The third-order valence-electron chi connectivity index (χ3n) is 2.00. The third-order valence-corrected chi connectivity index (χ3v) is 2.88. The Bertz CT molecular complexity index is 217. The zero-order chi connectivity index (χ0) is 6.97. The maximum Gasteiger partial charge on any atom is 0.0190 e. The van der Waals surface area contributed by atoms with Crippen molar-refractivity contribution in [1.29, 1.82) is 0 Å². The lowest BCUT2D eigenvalue weighted by atomic mass is 10.1. The molecule has 1 heteroatoms. The summed E-state index contributed by atoms with van der Waals surface area (Å²) in [6, 6.07) is 8.75. The molecular formula is C9H9I. The van der Waals surface area contributed by atoms with Crippen molar-refractivity contribution < 1.29 is 0 Å². The smallest absolute Gasteiger partial charge is 0.0190 e. The predicted octanol–water partition coefficient (Wildman–Crippen LogP) is 2.59. The van der Waals surface area contributed by atoms with Gasteiger partial charge in [0, 0.05) is 3.92 Å². The SMILES string of the molecule is IC1Cc2ccccc2C1. The first-order chi connectivity index (χ1) is 4.86. The van der Waals surface area contributed by atoms with Crippen LogP contribution in [0.4, 0.5) is 0 Å². The van der Waals surface area contributed by atoms with Gasteiger partial charge in [-0.15, -0.1) is 0 Å². The highest BCUT2D eigenvalue weighted by atomic mass is 127. The first-order valence-electron chi connectivity index (χ1n) is 3.57. The normalized spacial score (nSPS) is 17.3. The molecule has 52 valence electrons. The van der Waals surface area contributed by atoms with Crippen LogP contribution in [0, 0.1) is 0 Å². The van der Waals surface area contributed by atoms with Crippen molar-refractivity contribution in [3.8, 4) is 0 Å². The van der Waals surface area contributed by atoms with Gasteiger partial charge in [0.15, 0.2) is 0 Å². The van der Waals surface area contributed by atoms with Gasteiger partial charge in [0.05, 0.1) is 0 Å². The van der Waals surface area contributed by atoms with Crippen LogP contribution in [0.2, 0.25) is 0 Å². The van der Waals surface area contributed by atoms with Gasteiger partial charge in [-0.2, -0.15) is 0 Å². The van der Waals surface area contributed by atoms with Crippen LogP contribution in [0.5, 0.6) is 0 Å². The van der Waals surface area contributed by atoms with E-state index in [1.54, 1.807) is 11.1 Å². The quantitative estimate of drug-likeness (QED) is 0.486. The first kappa shape index (κ1) is 6.65. The number of hydrogen-bond acceptors (Lipinski definition) is 0. The maximum atomic E-state index is 2.53. The maximum absolute atomic E-state index is 2.53. The molecule has 0 fully saturated rings. The van der Waals surface area contributed by atoms with E-state index in [0.29, 0.717) is 0 Å². The van der Waals surface area contributed by atoms with Crippen LogP contribution in [0.15, 0.2) is 24.3 Å². The Labute approximate surface area is 74.8 Å². The molecule has 1 aliphatic carbocycles. The predicted molar refractivity (Wildman–Crippen MR) is 51.7 cm³/mol. The molecule has 0 saturated carbocycles. The van der Waals surface area contributed by atoms with E-state index in [2.05, 4.69) is 46.9 Å². The molecule has 0 N–H and O–H groups in total. The number of alkyl halides is 1. The van der Waals surface area contributed by atoms with Gasteiger partial charge in [-0.05, 0) is 24.0 Å². The third kappa shape index (κ3) is 1.07. The van der Waals surface area contributed by atoms with Gasteiger partial charge in [-0.1, -0.05) is 46.9 Å². The molecule has 2 rings (SSSR count). The van der Waals surface area contributed by atoms with Gasteiger partial charge >= 0.3 is 0 Å². The fourth-order valence-corrected chi connectivity index (χ4v) is 2.45. The highest BCUT2D eigenvalue weighted by Gasteiger charge is 2.16. The van der Waals surface area contributed by atoms with Gasteiger partial charge in [0.25, 0.3) is 0 Å². The van der Waals surface area contributed by atoms with Crippen molar-refractivity contribution in [1.82, 2.24) is 0 Å². The van der Waals surface area contributed by atoms with Crippen LogP contribution in [0.3, 0.4) is 0 Å². The minimum Gasteiger partial charge on any atom is -0.0819 e. The van der Waals surface area contributed by atoms with Crippen LogP contribution in [-0.4, -0.2) is 3.92 Å². The number of fused-ring (bicyclic) bond motifs is 1. The monoisotopic (exact) mass is 244 g/mol. The lowest BCUT2D eigenvalue weighted by molar-refractivity contribution is 0.972. The largest absolute Gasteiger partial charge is 0.0819 e. The number of benzene rings is 1. The fraction of sp³-hybridized carbons (Fsp3) is 0.333. The summed E-state index contributed by atoms with van der Waals surface area (Å²) in [5.74, 6) is 0. The molecule has 0 aromatic heterocycles. The van der Waals surface area contributed by atoms with E-state index in [-0.39, 0.29) is 0 Å². The van der Waals surface area contributed by atoms with E-state index >= 15 is 0 Å². The second-order valence-corrected chi connectivity index (χ2v) is 4.54. The van der Waals surface area contributed by atoms with Crippen LogP contribution in [0.1, 0.15) is 11.1 Å². The molecule has 0 bridgehead atoms. The molecule has 0 aliphatic heterocycles. The van der Waals surface area contributed by atoms with E-state index in [1.807, 2.05) is 0 Å². The minimum absolute atomic E-state index is 0.843. The highest BCUT2D eigenvalue weighted by molar-refractivity contribution is 14.1. The molecule has 1 aliphatic rings. The van der Waals surface area contributed by atoms with Gasteiger partial charge < -0.3 is 0 Å². The lowest BCUT2D eigenvalue weighted by Crippen LogP contribution is -1.92. The fourth-order valence-electron chi connectivity index (χ4n) is 1.51. The molecule has 0 amide bonds. The second-order valence-electron chi connectivity index (χ2n) is 2.77. The van der Waals surface area contributed by atoms with Crippen molar-refractivity contribution in [2.24, 2.45) is 0 Å². The number of rotatable bonds is 0. The summed E-state index contributed by atoms with van der Waals surface area (Å²) >= 11 is 2.53. The lowest BCUT2D eigenvalue weighted by Gasteiger charge is -1.92. The highest BCUT2D eigenvalue weighted by Crippen LogP contribution is 2.26. The summed E-state index contributed by atoms with van der Waals surface area (Å²) < 4.78 is 0.843. The zero-order valence-electron chi connectivity index (χ0n) is 5.68. The van der Waals surface area contributed by atoms with Crippen molar-refractivity contribution in [2.45, 2.75) is 16.8 Å². The Hall–Kier alpha value is -0.0500. The molecule has 0 radical (unpaired) electrons. The first-order valence-corrected chi connectivity index (χ1v) is 4.81. The van der Waals surface area contributed by atoms with Crippen molar-refractivity contribution in [2.75, 3.05) is 0 Å². The minimum atomic E-state index is 0.843. The Balaban J connectivity index is 2.42. The summed E-state index contributed by atoms with van der Waals surface area (Å²) in [7, 11) is 0. The molecule has 10 heavy (non-hydrogen) atoms. The Kier molecular flexibility index (Phi) is 1.68. The molecule has 0 unspecified atom stereocenters. The van der Waals surface area contributed by atoms with E-state index < -0.39 is 0 Å². The van der Waals surface area contributed by atoms with Gasteiger partial charge in [-0.25, -0.2) is 0 Å². The molecule has 0 atom stereocenters. The topological polar surface area (TPSA) is 0 Å². The number of hydrogen-bond donors (Lipinski definition) is 0.